The highest BCUT2D eigenvalue weighted by molar-refractivity contribution is 6.02. The second-order valence-corrected chi connectivity index (χ2v) is 8.38. The molecular formula is C22H32FN5O2. The Morgan fingerprint density at radius 2 is 2.13 bits per heavy atom. The molecule has 2 unspecified atom stereocenters. The zero-order chi connectivity index (χ0) is 21.8. The van der Waals surface area contributed by atoms with Crippen molar-refractivity contribution in [2.75, 3.05) is 31.6 Å². The minimum Gasteiger partial charge on any atom is -0.378 e. The van der Waals surface area contributed by atoms with Crippen LogP contribution < -0.4 is 21.3 Å². The van der Waals surface area contributed by atoms with Gasteiger partial charge in [-0.15, -0.1) is 0 Å². The van der Waals surface area contributed by atoms with Gasteiger partial charge in [-0.1, -0.05) is 13.8 Å². The van der Waals surface area contributed by atoms with Gasteiger partial charge in [-0.2, -0.15) is 0 Å². The molecule has 0 radical (unpaired) electrons. The molecule has 8 heteroatoms. The van der Waals surface area contributed by atoms with Crippen LogP contribution in [0.5, 0.6) is 0 Å². The molecule has 7 nitrogen and oxygen atoms in total. The summed E-state index contributed by atoms with van der Waals surface area (Å²) >= 11 is 0. The summed E-state index contributed by atoms with van der Waals surface area (Å²) in [6, 6.07) is 6.31. The van der Waals surface area contributed by atoms with E-state index in [0.717, 1.165) is 19.5 Å². The first-order valence-corrected chi connectivity index (χ1v) is 10.5. The average Bonchev–Trinajstić information content (AvgIpc) is 2.70. The van der Waals surface area contributed by atoms with E-state index < -0.39 is 6.17 Å². The summed E-state index contributed by atoms with van der Waals surface area (Å²) < 4.78 is 19.5. The van der Waals surface area contributed by atoms with Gasteiger partial charge in [-0.05, 0) is 50.1 Å². The van der Waals surface area contributed by atoms with Crippen LogP contribution >= 0.6 is 0 Å². The van der Waals surface area contributed by atoms with E-state index in [9.17, 15) is 9.18 Å². The van der Waals surface area contributed by atoms with E-state index in [-0.39, 0.29) is 23.9 Å². The van der Waals surface area contributed by atoms with E-state index >= 15 is 0 Å². The summed E-state index contributed by atoms with van der Waals surface area (Å²) in [6.07, 6.45) is 0.321. The second-order valence-electron chi connectivity index (χ2n) is 8.38. The molecule has 30 heavy (non-hydrogen) atoms. The van der Waals surface area contributed by atoms with Crippen molar-refractivity contribution in [1.82, 2.24) is 15.6 Å². The third-order valence-corrected chi connectivity index (χ3v) is 5.31. The van der Waals surface area contributed by atoms with Crippen LogP contribution in [0.3, 0.4) is 0 Å². The number of hydrogen-bond donors (Lipinski definition) is 3. The summed E-state index contributed by atoms with van der Waals surface area (Å²) in [5.41, 5.74) is 6.78. The Bertz CT molecular complexity index is 889. The lowest BCUT2D eigenvalue weighted by molar-refractivity contribution is 0.0588. The first kappa shape index (κ1) is 22.4. The molecule has 164 valence electrons. The Hall–Kier alpha value is -2.29. The van der Waals surface area contributed by atoms with Gasteiger partial charge in [0.25, 0.3) is 5.91 Å². The highest BCUT2D eigenvalue weighted by Crippen LogP contribution is 2.28. The zero-order valence-corrected chi connectivity index (χ0v) is 18.1. The van der Waals surface area contributed by atoms with E-state index in [1.54, 1.807) is 26.2 Å². The molecule has 3 atom stereocenters. The van der Waals surface area contributed by atoms with Crippen molar-refractivity contribution in [3.63, 3.8) is 0 Å². The number of ether oxygens (including phenoxy) is 1. The predicted octanol–water partition coefficient (Wildman–Crippen LogP) is 2.25. The summed E-state index contributed by atoms with van der Waals surface area (Å²) in [6.45, 7) is 8.30. The Kier molecular flexibility index (Phi) is 7.23. The number of piperidine rings is 1. The molecule has 1 amide bonds. The maximum absolute atomic E-state index is 13.7. The van der Waals surface area contributed by atoms with E-state index in [0.29, 0.717) is 34.7 Å². The topological polar surface area (TPSA) is 92.5 Å². The summed E-state index contributed by atoms with van der Waals surface area (Å²) in [7, 11) is 1.71. The van der Waals surface area contributed by atoms with Crippen LogP contribution in [0.15, 0.2) is 24.3 Å². The van der Waals surface area contributed by atoms with Crippen LogP contribution in [0.25, 0.3) is 10.9 Å². The van der Waals surface area contributed by atoms with E-state index in [1.807, 2.05) is 0 Å². The molecule has 2 heterocycles. The minimum absolute atomic E-state index is 0.0347. The lowest BCUT2D eigenvalue weighted by atomic mass is 10.00. The van der Waals surface area contributed by atoms with Crippen molar-refractivity contribution in [1.29, 1.82) is 0 Å². The SMILES string of the molecule is CO[C@H]1CN(c2nc3ccc(F)cc3cc2C(=O)NC(C)N)CCC1NCC(C)C. The number of pyridine rings is 1. The molecule has 1 aromatic heterocycles. The number of hydrogen-bond acceptors (Lipinski definition) is 6. The minimum atomic E-state index is -0.508. The third-order valence-electron chi connectivity index (χ3n) is 5.31. The van der Waals surface area contributed by atoms with Gasteiger partial charge in [0.2, 0.25) is 0 Å². The van der Waals surface area contributed by atoms with Crippen molar-refractivity contribution in [2.24, 2.45) is 11.7 Å². The molecule has 2 aromatic rings. The second kappa shape index (κ2) is 9.68. The van der Waals surface area contributed by atoms with Crippen LogP contribution in [0.2, 0.25) is 0 Å². The standard InChI is InChI=1S/C22H32FN5O2/c1-13(2)11-25-19-7-8-28(12-20(19)30-4)21-17(22(29)26-14(3)24)10-15-9-16(23)5-6-18(15)27-21/h5-6,9-10,13-14,19-20,25H,7-8,11-12,24H2,1-4H3,(H,26,29)/t14?,19?,20-/m0/s1. The molecule has 1 fully saturated rings. The fourth-order valence-electron chi connectivity index (χ4n) is 3.80. The van der Waals surface area contributed by atoms with Crippen molar-refractivity contribution in [3.8, 4) is 0 Å². The zero-order valence-electron chi connectivity index (χ0n) is 18.1. The van der Waals surface area contributed by atoms with Gasteiger partial charge < -0.3 is 26.0 Å². The normalized spacial score (nSPS) is 20.6. The Labute approximate surface area is 177 Å². The number of aromatic nitrogens is 1. The largest absolute Gasteiger partial charge is 0.378 e. The quantitative estimate of drug-likeness (QED) is 0.599. The lowest BCUT2D eigenvalue weighted by Crippen LogP contribution is -2.54. The van der Waals surface area contributed by atoms with Crippen LogP contribution in [0.4, 0.5) is 10.2 Å². The number of amides is 1. The predicted molar refractivity (Wildman–Crippen MR) is 117 cm³/mol. The Morgan fingerprint density at radius 1 is 1.37 bits per heavy atom. The molecule has 0 spiro atoms. The number of nitrogens with zero attached hydrogens (tertiary/aromatic N) is 2. The summed E-state index contributed by atoms with van der Waals surface area (Å²) in [4.78, 5) is 19.6. The summed E-state index contributed by atoms with van der Waals surface area (Å²) in [5.74, 6) is 0.424. The summed E-state index contributed by atoms with van der Waals surface area (Å²) in [5, 5.41) is 6.88. The molecule has 3 rings (SSSR count). The number of benzene rings is 1. The van der Waals surface area contributed by atoms with Crippen LogP contribution in [-0.2, 0) is 4.74 Å². The first-order chi connectivity index (χ1) is 14.3. The maximum Gasteiger partial charge on any atom is 0.256 e. The van der Waals surface area contributed by atoms with Gasteiger partial charge in [0.05, 0.1) is 23.3 Å². The first-order valence-electron chi connectivity index (χ1n) is 10.5. The molecule has 0 saturated carbocycles. The highest BCUT2D eigenvalue weighted by atomic mass is 19.1. The Morgan fingerprint density at radius 3 is 2.80 bits per heavy atom. The number of nitrogens with one attached hydrogen (secondary N) is 2. The number of anilines is 1. The fraction of sp³-hybridized carbons (Fsp3) is 0.545. The van der Waals surface area contributed by atoms with Crippen LogP contribution in [0.1, 0.15) is 37.6 Å². The van der Waals surface area contributed by atoms with Gasteiger partial charge in [0.15, 0.2) is 0 Å². The Balaban J connectivity index is 1.93. The number of fused-ring (bicyclic) bond motifs is 1. The molecule has 0 bridgehead atoms. The van der Waals surface area contributed by atoms with Crippen molar-refractivity contribution in [2.45, 2.75) is 45.5 Å². The van der Waals surface area contributed by atoms with Crippen molar-refractivity contribution in [3.05, 3.63) is 35.6 Å². The number of carbonyl (C=O) groups is 1. The molecule has 1 saturated heterocycles. The maximum atomic E-state index is 13.7. The smallest absolute Gasteiger partial charge is 0.256 e. The number of methoxy groups -OCH3 is 1. The number of nitrogens with two attached hydrogens (primary N) is 1. The number of halogens is 1. The van der Waals surface area contributed by atoms with Gasteiger partial charge in [-0.3, -0.25) is 4.79 Å². The highest BCUT2D eigenvalue weighted by Gasteiger charge is 2.32. The van der Waals surface area contributed by atoms with Crippen molar-refractivity contribution >= 4 is 22.6 Å². The van der Waals surface area contributed by atoms with Crippen LogP contribution in [-0.4, -0.2) is 55.9 Å². The van der Waals surface area contributed by atoms with Gasteiger partial charge in [-0.25, -0.2) is 9.37 Å². The van der Waals surface area contributed by atoms with E-state index in [2.05, 4.69) is 29.4 Å². The van der Waals surface area contributed by atoms with Gasteiger partial charge in [0.1, 0.15) is 11.6 Å². The molecule has 1 aliphatic heterocycles. The number of rotatable bonds is 7. The van der Waals surface area contributed by atoms with Gasteiger partial charge in [0, 0.05) is 31.6 Å². The van der Waals surface area contributed by atoms with E-state index in [1.165, 1.54) is 12.1 Å². The fourth-order valence-corrected chi connectivity index (χ4v) is 3.80. The molecule has 1 aliphatic rings. The molecule has 1 aromatic carbocycles. The van der Waals surface area contributed by atoms with Crippen LogP contribution in [0, 0.1) is 11.7 Å². The molecular weight excluding hydrogens is 385 g/mol. The third kappa shape index (κ3) is 5.24. The van der Waals surface area contributed by atoms with Crippen molar-refractivity contribution < 1.29 is 13.9 Å². The van der Waals surface area contributed by atoms with Gasteiger partial charge >= 0.3 is 0 Å². The number of carbonyl (C=O) groups excluding carboxylic acids is 1. The lowest BCUT2D eigenvalue weighted by Gasteiger charge is -2.39. The average molecular weight is 418 g/mol. The molecule has 0 aliphatic carbocycles. The monoisotopic (exact) mass is 417 g/mol. The molecule has 4 N–H and O–H groups in total. The van der Waals surface area contributed by atoms with E-state index in [4.69, 9.17) is 15.5 Å².